The van der Waals surface area contributed by atoms with Crippen LogP contribution in [0.25, 0.3) is 0 Å². The lowest BCUT2D eigenvalue weighted by molar-refractivity contribution is 0.859. The molecule has 0 saturated carbocycles. The summed E-state index contributed by atoms with van der Waals surface area (Å²) in [7, 11) is 0. The minimum Gasteiger partial charge on any atom is -0.0985 e. The summed E-state index contributed by atoms with van der Waals surface area (Å²) in [6, 6.07) is 0. The Morgan fingerprint density at radius 1 is 1.17 bits per heavy atom. The van der Waals surface area contributed by atoms with E-state index in [1.165, 1.54) is 18.4 Å². The zero-order chi connectivity index (χ0) is 9.23. The third-order valence-electron chi connectivity index (χ3n) is 1.78. The lowest BCUT2D eigenvalue weighted by Gasteiger charge is -1.97. The van der Waals surface area contributed by atoms with Crippen LogP contribution in [0, 0.1) is 11.8 Å². The molecule has 0 aromatic heterocycles. The van der Waals surface area contributed by atoms with Gasteiger partial charge in [0.15, 0.2) is 0 Å². The number of unbranched alkanes of at least 4 members (excludes halogenated alkanes) is 1. The topological polar surface area (TPSA) is 0 Å². The predicted octanol–water partition coefficient (Wildman–Crippen LogP) is 3.93. The van der Waals surface area contributed by atoms with Crippen LogP contribution in [-0.2, 0) is 0 Å². The second-order valence-corrected chi connectivity index (χ2v) is 2.98. The fraction of sp³-hybridized carbons (Fsp3) is 0.667. The van der Waals surface area contributed by atoms with Crippen LogP contribution in [0.3, 0.4) is 0 Å². The van der Waals surface area contributed by atoms with E-state index in [9.17, 15) is 0 Å². The molecule has 0 spiro atoms. The highest BCUT2D eigenvalue weighted by molar-refractivity contribution is 5.20. The van der Waals surface area contributed by atoms with E-state index in [-0.39, 0.29) is 0 Å². The number of hydrogen-bond acceptors (Lipinski definition) is 0. The van der Waals surface area contributed by atoms with E-state index in [0.29, 0.717) is 0 Å². The highest BCUT2D eigenvalue weighted by Gasteiger charge is 1.88. The first kappa shape index (κ1) is 11.3. The number of allylic oxidation sites excluding steroid dienone is 2. The van der Waals surface area contributed by atoms with Gasteiger partial charge in [0.25, 0.3) is 0 Å². The summed E-state index contributed by atoms with van der Waals surface area (Å²) in [5.41, 5.74) is 1.49. The largest absolute Gasteiger partial charge is 0.0985 e. The van der Waals surface area contributed by atoms with Crippen LogP contribution < -0.4 is 0 Å². The molecule has 0 aliphatic rings. The SMILES string of the molecule is CCCC#C/C=C(/CC)CCC. The molecule has 0 aliphatic carbocycles. The highest BCUT2D eigenvalue weighted by atomic mass is 13.9. The van der Waals surface area contributed by atoms with E-state index in [2.05, 4.69) is 38.7 Å². The number of hydrogen-bond donors (Lipinski definition) is 0. The van der Waals surface area contributed by atoms with Crippen molar-refractivity contribution in [1.82, 2.24) is 0 Å². The van der Waals surface area contributed by atoms with Gasteiger partial charge in [0.05, 0.1) is 0 Å². The summed E-state index contributed by atoms with van der Waals surface area (Å²) < 4.78 is 0. The third kappa shape index (κ3) is 6.04. The molecule has 0 aliphatic heterocycles. The average Bonchev–Trinajstić information content (AvgIpc) is 2.10. The van der Waals surface area contributed by atoms with Crippen molar-refractivity contribution in [3.63, 3.8) is 0 Å². The van der Waals surface area contributed by atoms with Crippen LogP contribution in [0.4, 0.5) is 0 Å². The summed E-state index contributed by atoms with van der Waals surface area (Å²) >= 11 is 0. The van der Waals surface area contributed by atoms with Crippen LogP contribution in [-0.4, -0.2) is 0 Å². The summed E-state index contributed by atoms with van der Waals surface area (Å²) in [6.07, 6.45) is 7.87. The zero-order valence-corrected chi connectivity index (χ0v) is 8.61. The Kier molecular flexibility index (Phi) is 7.91. The monoisotopic (exact) mass is 164 g/mol. The van der Waals surface area contributed by atoms with Gasteiger partial charge in [-0.3, -0.25) is 0 Å². The second kappa shape index (κ2) is 8.40. The Hall–Kier alpha value is -0.700. The molecule has 0 nitrogen and oxygen atoms in total. The van der Waals surface area contributed by atoms with Crippen LogP contribution >= 0.6 is 0 Å². The molecule has 68 valence electrons. The third-order valence-corrected chi connectivity index (χ3v) is 1.78. The van der Waals surface area contributed by atoms with Crippen LogP contribution in [0.5, 0.6) is 0 Å². The maximum absolute atomic E-state index is 3.13. The summed E-state index contributed by atoms with van der Waals surface area (Å²) in [5, 5.41) is 0. The molecule has 0 heteroatoms. The predicted molar refractivity (Wildman–Crippen MR) is 56.0 cm³/mol. The van der Waals surface area contributed by atoms with Gasteiger partial charge in [-0.15, -0.1) is 0 Å². The molecule has 0 aromatic rings. The second-order valence-electron chi connectivity index (χ2n) is 2.98. The van der Waals surface area contributed by atoms with Crippen molar-refractivity contribution in [2.75, 3.05) is 0 Å². The maximum Gasteiger partial charge on any atom is 0.00896 e. The van der Waals surface area contributed by atoms with Gasteiger partial charge in [0.1, 0.15) is 0 Å². The van der Waals surface area contributed by atoms with Gasteiger partial charge in [0.2, 0.25) is 0 Å². The van der Waals surface area contributed by atoms with E-state index in [1.54, 1.807) is 0 Å². The molecule has 0 fully saturated rings. The Balaban J connectivity index is 3.86. The summed E-state index contributed by atoms with van der Waals surface area (Å²) in [6.45, 7) is 6.57. The molecule has 12 heavy (non-hydrogen) atoms. The van der Waals surface area contributed by atoms with Gasteiger partial charge in [-0.1, -0.05) is 44.6 Å². The van der Waals surface area contributed by atoms with Crippen molar-refractivity contribution in [3.8, 4) is 11.8 Å². The molecule has 0 radical (unpaired) electrons. The minimum absolute atomic E-state index is 1.03. The number of rotatable bonds is 4. The molecule has 0 heterocycles. The van der Waals surface area contributed by atoms with Gasteiger partial charge >= 0.3 is 0 Å². The van der Waals surface area contributed by atoms with Crippen LogP contribution in [0.2, 0.25) is 0 Å². The van der Waals surface area contributed by atoms with Crippen LogP contribution in [0.15, 0.2) is 11.6 Å². The first-order chi connectivity index (χ1) is 5.85. The Morgan fingerprint density at radius 3 is 2.42 bits per heavy atom. The molecule has 0 saturated heterocycles. The van der Waals surface area contributed by atoms with Gasteiger partial charge in [-0.05, 0) is 25.3 Å². The normalized spacial score (nSPS) is 10.8. The van der Waals surface area contributed by atoms with Crippen molar-refractivity contribution in [2.45, 2.75) is 52.9 Å². The van der Waals surface area contributed by atoms with E-state index in [1.807, 2.05) is 0 Å². The molecule has 0 atom stereocenters. The molecule has 0 bridgehead atoms. The lowest BCUT2D eigenvalue weighted by Crippen LogP contribution is -1.78. The van der Waals surface area contributed by atoms with Gasteiger partial charge in [0, 0.05) is 6.42 Å². The summed E-state index contributed by atoms with van der Waals surface area (Å²) in [5.74, 6) is 6.24. The first-order valence-corrected chi connectivity index (χ1v) is 5.01. The first-order valence-electron chi connectivity index (χ1n) is 5.01. The Bertz CT molecular complexity index is 176. The minimum atomic E-state index is 1.03. The van der Waals surface area contributed by atoms with Crippen molar-refractivity contribution in [2.24, 2.45) is 0 Å². The Labute approximate surface area is 77.1 Å². The molecule has 0 aromatic carbocycles. The fourth-order valence-electron chi connectivity index (χ4n) is 1.02. The standard InChI is InChI=1S/C12H20/c1-4-7-8-9-11-12(6-3)10-5-2/h11H,4-7,10H2,1-3H3/b12-11-. The summed E-state index contributed by atoms with van der Waals surface area (Å²) in [4.78, 5) is 0. The molecule has 0 rings (SSSR count). The smallest absolute Gasteiger partial charge is 0.00896 e. The van der Waals surface area contributed by atoms with Crippen molar-refractivity contribution < 1.29 is 0 Å². The van der Waals surface area contributed by atoms with Crippen molar-refractivity contribution >= 4 is 0 Å². The van der Waals surface area contributed by atoms with E-state index in [0.717, 1.165) is 19.3 Å². The van der Waals surface area contributed by atoms with E-state index >= 15 is 0 Å². The van der Waals surface area contributed by atoms with Gasteiger partial charge in [-0.2, -0.15) is 0 Å². The molecule has 0 amide bonds. The lowest BCUT2D eigenvalue weighted by atomic mass is 10.1. The molecule has 0 unspecified atom stereocenters. The average molecular weight is 164 g/mol. The van der Waals surface area contributed by atoms with Gasteiger partial charge in [-0.25, -0.2) is 0 Å². The maximum atomic E-state index is 3.13. The van der Waals surface area contributed by atoms with Crippen LogP contribution in [0.1, 0.15) is 52.9 Å². The fourth-order valence-corrected chi connectivity index (χ4v) is 1.02. The van der Waals surface area contributed by atoms with Crippen molar-refractivity contribution in [1.29, 1.82) is 0 Å². The van der Waals surface area contributed by atoms with Gasteiger partial charge < -0.3 is 0 Å². The van der Waals surface area contributed by atoms with E-state index in [4.69, 9.17) is 0 Å². The zero-order valence-electron chi connectivity index (χ0n) is 8.61. The Morgan fingerprint density at radius 2 is 1.92 bits per heavy atom. The molecule has 0 N–H and O–H groups in total. The molecular weight excluding hydrogens is 144 g/mol. The quantitative estimate of drug-likeness (QED) is 0.552. The molecular formula is C12H20. The van der Waals surface area contributed by atoms with Crippen molar-refractivity contribution in [3.05, 3.63) is 11.6 Å². The highest BCUT2D eigenvalue weighted by Crippen LogP contribution is 2.07. The van der Waals surface area contributed by atoms with E-state index < -0.39 is 0 Å².